The van der Waals surface area contributed by atoms with E-state index in [9.17, 15) is 31.2 Å². The lowest BCUT2D eigenvalue weighted by molar-refractivity contribution is -0.0500. The Morgan fingerprint density at radius 3 is 1.89 bits per heavy atom. The summed E-state index contributed by atoms with van der Waals surface area (Å²) in [6.07, 6.45) is 0. The summed E-state index contributed by atoms with van der Waals surface area (Å²) in [6, 6.07) is 4.77. The standard InChI is InChI=1S/C16H13F3O7S/c1-8-4-9-6-12(15(21)25-3)13(26-27(22,23)16(17,18)19)7-10(9)5-11(8)14(20)24-2/h4-7H,1-3H3. The van der Waals surface area contributed by atoms with Gasteiger partial charge in [-0.25, -0.2) is 9.59 Å². The fourth-order valence-electron chi connectivity index (χ4n) is 2.28. The van der Waals surface area contributed by atoms with Gasteiger partial charge in [0.15, 0.2) is 5.75 Å². The van der Waals surface area contributed by atoms with Gasteiger partial charge in [0.05, 0.1) is 19.8 Å². The lowest BCUT2D eigenvalue weighted by Crippen LogP contribution is -2.28. The third kappa shape index (κ3) is 3.97. The van der Waals surface area contributed by atoms with E-state index in [0.29, 0.717) is 10.9 Å². The number of hydrogen-bond donors (Lipinski definition) is 0. The Kier molecular flexibility index (Phi) is 5.36. The highest BCUT2D eigenvalue weighted by Gasteiger charge is 2.49. The topological polar surface area (TPSA) is 96.0 Å². The molecule has 0 bridgehead atoms. The summed E-state index contributed by atoms with van der Waals surface area (Å²) in [5.74, 6) is -2.68. The zero-order valence-electron chi connectivity index (χ0n) is 14.2. The van der Waals surface area contributed by atoms with Gasteiger partial charge in [-0.2, -0.15) is 21.6 Å². The number of rotatable bonds is 4. The predicted octanol–water partition coefficient (Wildman–Crippen LogP) is 2.95. The van der Waals surface area contributed by atoms with E-state index >= 15 is 0 Å². The van der Waals surface area contributed by atoms with E-state index in [4.69, 9.17) is 0 Å². The van der Waals surface area contributed by atoms with Crippen molar-refractivity contribution < 1.29 is 44.8 Å². The molecule has 0 radical (unpaired) electrons. The van der Waals surface area contributed by atoms with Gasteiger partial charge in [0.2, 0.25) is 0 Å². The lowest BCUT2D eigenvalue weighted by atomic mass is 9.99. The van der Waals surface area contributed by atoms with Gasteiger partial charge in [-0.15, -0.1) is 0 Å². The molecule has 2 aromatic carbocycles. The SMILES string of the molecule is COC(=O)c1cc2cc(OS(=O)(=O)C(F)(F)F)c(C(=O)OC)cc2cc1C. The number of halogens is 3. The van der Waals surface area contributed by atoms with Crippen molar-refractivity contribution in [3.8, 4) is 5.75 Å². The zero-order valence-corrected chi connectivity index (χ0v) is 15.0. The van der Waals surface area contributed by atoms with Crippen molar-refractivity contribution in [2.75, 3.05) is 14.2 Å². The Morgan fingerprint density at radius 2 is 1.37 bits per heavy atom. The Morgan fingerprint density at radius 1 is 0.889 bits per heavy atom. The van der Waals surface area contributed by atoms with E-state index in [-0.39, 0.29) is 10.9 Å². The molecule has 0 saturated heterocycles. The van der Waals surface area contributed by atoms with Crippen LogP contribution in [0.15, 0.2) is 24.3 Å². The maximum absolute atomic E-state index is 12.6. The number of ether oxygens (including phenoxy) is 2. The minimum Gasteiger partial charge on any atom is -0.465 e. The molecule has 11 heteroatoms. The molecule has 0 atom stereocenters. The number of hydrogen-bond acceptors (Lipinski definition) is 7. The first-order valence-electron chi connectivity index (χ1n) is 7.17. The summed E-state index contributed by atoms with van der Waals surface area (Å²) >= 11 is 0. The molecule has 27 heavy (non-hydrogen) atoms. The van der Waals surface area contributed by atoms with E-state index in [1.807, 2.05) is 0 Å². The molecule has 0 aromatic heterocycles. The second-order valence-electron chi connectivity index (χ2n) is 5.33. The molecule has 0 aliphatic carbocycles. The van der Waals surface area contributed by atoms with Gasteiger partial charge in [0, 0.05) is 0 Å². The summed E-state index contributed by atoms with van der Waals surface area (Å²) in [5.41, 5.74) is -5.63. The van der Waals surface area contributed by atoms with Crippen LogP contribution >= 0.6 is 0 Å². The van der Waals surface area contributed by atoms with E-state index in [2.05, 4.69) is 13.7 Å². The quantitative estimate of drug-likeness (QED) is 0.438. The first-order chi connectivity index (χ1) is 12.4. The maximum Gasteiger partial charge on any atom is 0.534 e. The molecule has 0 fully saturated rings. The number of aryl methyl sites for hydroxylation is 1. The largest absolute Gasteiger partial charge is 0.534 e. The first kappa shape index (κ1) is 20.5. The second-order valence-corrected chi connectivity index (χ2v) is 6.87. The fourth-order valence-corrected chi connectivity index (χ4v) is 2.75. The van der Waals surface area contributed by atoms with Crippen molar-refractivity contribution >= 4 is 32.8 Å². The molecule has 0 amide bonds. The van der Waals surface area contributed by atoms with Crippen molar-refractivity contribution in [3.63, 3.8) is 0 Å². The van der Waals surface area contributed by atoms with Crippen LogP contribution in [0.3, 0.4) is 0 Å². The normalized spacial score (nSPS) is 11.9. The predicted molar refractivity (Wildman–Crippen MR) is 87.0 cm³/mol. The van der Waals surface area contributed by atoms with Gasteiger partial charge in [-0.3, -0.25) is 0 Å². The van der Waals surface area contributed by atoms with E-state index in [1.165, 1.54) is 12.1 Å². The summed E-state index contributed by atoms with van der Waals surface area (Å²) in [6.45, 7) is 1.59. The van der Waals surface area contributed by atoms with Crippen LogP contribution in [-0.4, -0.2) is 40.1 Å². The number of benzene rings is 2. The molecule has 0 spiro atoms. The van der Waals surface area contributed by atoms with Crippen LogP contribution in [0.25, 0.3) is 10.8 Å². The number of methoxy groups -OCH3 is 2. The summed E-state index contributed by atoms with van der Waals surface area (Å²) in [4.78, 5) is 23.6. The molecule has 0 heterocycles. The molecule has 2 rings (SSSR count). The smallest absolute Gasteiger partial charge is 0.465 e. The van der Waals surface area contributed by atoms with Gasteiger partial charge in [0.1, 0.15) is 5.56 Å². The van der Waals surface area contributed by atoms with Gasteiger partial charge in [-0.05, 0) is 41.5 Å². The minimum atomic E-state index is -6.02. The zero-order chi connectivity index (χ0) is 20.6. The minimum absolute atomic E-state index is 0.112. The van der Waals surface area contributed by atoms with Crippen LogP contribution in [-0.2, 0) is 19.6 Å². The number of carbonyl (C=O) groups excluding carboxylic acids is 2. The molecule has 2 aromatic rings. The molecular weight excluding hydrogens is 393 g/mol. The number of alkyl halides is 3. The van der Waals surface area contributed by atoms with Crippen LogP contribution in [0, 0.1) is 6.92 Å². The van der Waals surface area contributed by atoms with Crippen molar-refractivity contribution in [1.82, 2.24) is 0 Å². The van der Waals surface area contributed by atoms with Crippen molar-refractivity contribution in [2.45, 2.75) is 12.4 Å². The molecule has 0 aliphatic heterocycles. The molecular formula is C16H13F3O7S. The summed E-state index contributed by atoms with van der Waals surface area (Å²) < 4.78 is 73.7. The number of fused-ring (bicyclic) bond motifs is 1. The van der Waals surface area contributed by atoms with E-state index < -0.39 is 38.9 Å². The average molecular weight is 406 g/mol. The Balaban J connectivity index is 2.74. The van der Waals surface area contributed by atoms with Crippen molar-refractivity contribution in [3.05, 3.63) is 41.0 Å². The van der Waals surface area contributed by atoms with Crippen LogP contribution in [0.4, 0.5) is 13.2 Å². The maximum atomic E-state index is 12.6. The first-order valence-corrected chi connectivity index (χ1v) is 8.58. The molecule has 7 nitrogen and oxygen atoms in total. The molecule has 0 saturated carbocycles. The van der Waals surface area contributed by atoms with Crippen LogP contribution < -0.4 is 4.18 Å². The van der Waals surface area contributed by atoms with Gasteiger partial charge in [-0.1, -0.05) is 6.07 Å². The third-order valence-corrected chi connectivity index (χ3v) is 4.54. The molecule has 0 aliphatic rings. The van der Waals surface area contributed by atoms with Gasteiger partial charge < -0.3 is 13.7 Å². The lowest BCUT2D eigenvalue weighted by Gasteiger charge is -2.14. The van der Waals surface area contributed by atoms with Crippen molar-refractivity contribution in [1.29, 1.82) is 0 Å². The van der Waals surface area contributed by atoms with Crippen LogP contribution in [0.2, 0.25) is 0 Å². The Labute approximate surface area is 151 Å². The Hall–Kier alpha value is -2.82. The van der Waals surface area contributed by atoms with E-state index in [1.54, 1.807) is 6.92 Å². The molecule has 0 unspecified atom stereocenters. The Bertz CT molecular complexity index is 1030. The third-order valence-electron chi connectivity index (χ3n) is 3.58. The van der Waals surface area contributed by atoms with Crippen molar-refractivity contribution in [2.24, 2.45) is 0 Å². The van der Waals surface area contributed by atoms with Gasteiger partial charge >= 0.3 is 27.6 Å². The molecule has 0 N–H and O–H groups in total. The second kappa shape index (κ2) is 7.06. The van der Waals surface area contributed by atoms with Gasteiger partial charge in [0.25, 0.3) is 0 Å². The highest BCUT2D eigenvalue weighted by atomic mass is 32.2. The highest BCUT2D eigenvalue weighted by Crippen LogP contribution is 2.33. The fraction of sp³-hybridized carbons (Fsp3) is 0.250. The van der Waals surface area contributed by atoms with Crippen LogP contribution in [0.1, 0.15) is 26.3 Å². The monoisotopic (exact) mass is 406 g/mol. The summed E-state index contributed by atoms with van der Waals surface area (Å²) in [7, 11) is -3.90. The summed E-state index contributed by atoms with van der Waals surface area (Å²) in [5, 5.41) is 0.498. The average Bonchev–Trinajstić information content (AvgIpc) is 2.58. The van der Waals surface area contributed by atoms with Crippen LogP contribution in [0.5, 0.6) is 5.75 Å². The number of esters is 2. The highest BCUT2D eigenvalue weighted by molar-refractivity contribution is 7.88. The number of carbonyl (C=O) groups is 2. The van der Waals surface area contributed by atoms with E-state index in [0.717, 1.165) is 26.4 Å². The molecule has 146 valence electrons.